The Labute approximate surface area is 182 Å². The molecule has 0 aliphatic carbocycles. The highest BCUT2D eigenvalue weighted by Crippen LogP contribution is 2.43. The van der Waals surface area contributed by atoms with Gasteiger partial charge in [0.15, 0.2) is 5.65 Å². The Morgan fingerprint density at radius 3 is 2.47 bits per heavy atom. The van der Waals surface area contributed by atoms with Gasteiger partial charge in [-0.2, -0.15) is 5.10 Å². The fourth-order valence-electron chi connectivity index (χ4n) is 4.61. The van der Waals surface area contributed by atoms with Gasteiger partial charge in [0, 0.05) is 31.7 Å². The second kappa shape index (κ2) is 7.47. The molecule has 0 fully saturated rings. The van der Waals surface area contributed by atoms with Crippen molar-refractivity contribution < 1.29 is 5.11 Å². The highest BCUT2D eigenvalue weighted by molar-refractivity contribution is 7.19. The van der Waals surface area contributed by atoms with E-state index in [1.807, 2.05) is 26.0 Å². The molecule has 0 saturated heterocycles. The molecule has 0 aliphatic rings. The number of aliphatic hydroxyl groups is 1. The molecular weight excluding hydrogens is 390 g/mol. The van der Waals surface area contributed by atoms with Gasteiger partial charge in [-0.3, -0.25) is 0 Å². The summed E-state index contributed by atoms with van der Waals surface area (Å²) in [6.45, 7) is 14.5. The van der Waals surface area contributed by atoms with Crippen molar-refractivity contribution >= 4 is 27.1 Å². The number of hydrogen-bond acceptors (Lipinski definition) is 4. The lowest BCUT2D eigenvalue weighted by atomic mass is 9.94. The van der Waals surface area contributed by atoms with Crippen LogP contribution in [-0.4, -0.2) is 19.7 Å². The lowest BCUT2D eigenvalue weighted by molar-refractivity contribution is 0.0804. The monoisotopic (exact) mass is 421 g/mol. The van der Waals surface area contributed by atoms with Crippen LogP contribution < -0.4 is 0 Å². The van der Waals surface area contributed by atoms with Crippen molar-refractivity contribution in [3.8, 4) is 11.3 Å². The van der Waals surface area contributed by atoms with E-state index >= 15 is 0 Å². The van der Waals surface area contributed by atoms with Gasteiger partial charge in [-0.05, 0) is 59.4 Å². The van der Waals surface area contributed by atoms with Gasteiger partial charge >= 0.3 is 0 Å². The number of imidazole rings is 1. The van der Waals surface area contributed by atoms with E-state index in [4.69, 9.17) is 10.1 Å². The van der Waals surface area contributed by atoms with Gasteiger partial charge in [0.2, 0.25) is 0 Å². The molecule has 1 aromatic carbocycles. The van der Waals surface area contributed by atoms with Crippen molar-refractivity contribution in [2.45, 2.75) is 72.8 Å². The zero-order valence-corrected chi connectivity index (χ0v) is 19.8. The van der Waals surface area contributed by atoms with Gasteiger partial charge in [-0.1, -0.05) is 32.0 Å². The molecule has 1 N–H and O–H groups in total. The summed E-state index contributed by atoms with van der Waals surface area (Å²) in [6, 6.07) is 8.42. The Morgan fingerprint density at radius 1 is 1.13 bits per heavy atom. The van der Waals surface area contributed by atoms with E-state index < -0.39 is 5.60 Å². The van der Waals surface area contributed by atoms with Crippen LogP contribution >= 0.6 is 11.3 Å². The average Bonchev–Trinajstić information content (AvgIpc) is 3.16. The van der Waals surface area contributed by atoms with Crippen LogP contribution in [0.4, 0.5) is 0 Å². The fourth-order valence-corrected chi connectivity index (χ4v) is 5.93. The Morgan fingerprint density at radius 2 is 1.83 bits per heavy atom. The third-order valence-electron chi connectivity index (χ3n) is 6.12. The fraction of sp³-hybridized carbons (Fsp3) is 0.440. The number of benzene rings is 1. The van der Waals surface area contributed by atoms with Crippen LogP contribution in [-0.2, 0) is 5.60 Å². The van der Waals surface area contributed by atoms with Crippen molar-refractivity contribution in [3.63, 3.8) is 0 Å². The molecular formula is C25H31N3OS. The van der Waals surface area contributed by atoms with Crippen molar-refractivity contribution in [3.05, 3.63) is 51.7 Å². The van der Waals surface area contributed by atoms with Crippen LogP contribution in [0.25, 0.3) is 27.0 Å². The third-order valence-corrected chi connectivity index (χ3v) is 7.28. The summed E-state index contributed by atoms with van der Waals surface area (Å²) in [7, 11) is 0. The molecule has 3 aromatic heterocycles. The van der Waals surface area contributed by atoms with Crippen LogP contribution in [0.1, 0.15) is 73.8 Å². The second-order valence-corrected chi connectivity index (χ2v) is 10.0. The second-order valence-electron chi connectivity index (χ2n) is 8.81. The lowest BCUT2D eigenvalue weighted by Gasteiger charge is -2.18. The summed E-state index contributed by atoms with van der Waals surface area (Å²) in [6.07, 6.45) is 2.18. The normalized spacial score (nSPS) is 12.6. The largest absolute Gasteiger partial charge is 0.386 e. The van der Waals surface area contributed by atoms with Crippen molar-refractivity contribution in [2.75, 3.05) is 0 Å². The summed E-state index contributed by atoms with van der Waals surface area (Å²) < 4.78 is 3.20. The molecule has 0 radical (unpaired) electrons. The van der Waals surface area contributed by atoms with Crippen LogP contribution in [0.5, 0.6) is 0 Å². The van der Waals surface area contributed by atoms with Crippen molar-refractivity contribution in [2.24, 2.45) is 0 Å². The maximum atomic E-state index is 10.7. The lowest BCUT2D eigenvalue weighted by Crippen LogP contribution is -2.15. The minimum absolute atomic E-state index is 0.478. The van der Waals surface area contributed by atoms with Crippen LogP contribution in [0.3, 0.4) is 0 Å². The molecule has 4 rings (SSSR count). The smallest absolute Gasteiger partial charge is 0.157 e. The molecule has 0 bridgehead atoms. The predicted octanol–water partition coefficient (Wildman–Crippen LogP) is 6.67. The number of nitrogens with zero attached hydrogens (tertiary/aromatic N) is 3. The summed E-state index contributed by atoms with van der Waals surface area (Å²) in [4.78, 5) is 6.22. The van der Waals surface area contributed by atoms with Gasteiger partial charge < -0.3 is 5.11 Å². The van der Waals surface area contributed by atoms with Crippen LogP contribution in [0.2, 0.25) is 0 Å². The topological polar surface area (TPSA) is 50.4 Å². The first kappa shape index (κ1) is 21.0. The minimum Gasteiger partial charge on any atom is -0.386 e. The molecule has 3 heterocycles. The number of aromatic nitrogens is 3. The highest BCUT2D eigenvalue weighted by Gasteiger charge is 2.26. The van der Waals surface area contributed by atoms with Crippen molar-refractivity contribution in [1.29, 1.82) is 0 Å². The predicted molar refractivity (Wildman–Crippen MR) is 127 cm³/mol. The van der Waals surface area contributed by atoms with E-state index in [1.165, 1.54) is 16.0 Å². The number of rotatable bonds is 5. The van der Waals surface area contributed by atoms with E-state index in [2.05, 4.69) is 51.3 Å². The summed E-state index contributed by atoms with van der Waals surface area (Å²) in [5, 5.41) is 16.8. The zero-order valence-electron chi connectivity index (χ0n) is 19.0. The van der Waals surface area contributed by atoms with E-state index in [0.29, 0.717) is 5.92 Å². The Balaban J connectivity index is 2.07. The Bertz CT molecular complexity index is 1240. The van der Waals surface area contributed by atoms with E-state index in [9.17, 15) is 5.11 Å². The SMILES string of the molecule is CCC(CC)c1cc(C)nn2c(-c3c(C)sc4c(C(C)(C)O)cccc34)c(C)nc12. The van der Waals surface area contributed by atoms with E-state index in [1.54, 1.807) is 11.3 Å². The molecule has 158 valence electrons. The Kier molecular flexibility index (Phi) is 5.23. The maximum Gasteiger partial charge on any atom is 0.157 e. The van der Waals surface area contributed by atoms with Gasteiger partial charge in [-0.25, -0.2) is 9.50 Å². The highest BCUT2D eigenvalue weighted by atomic mass is 32.1. The first-order chi connectivity index (χ1) is 14.2. The molecule has 0 atom stereocenters. The summed E-state index contributed by atoms with van der Waals surface area (Å²) in [5.74, 6) is 0.478. The molecule has 30 heavy (non-hydrogen) atoms. The quantitative estimate of drug-likeness (QED) is 0.392. The number of thiophene rings is 1. The van der Waals surface area contributed by atoms with Crippen LogP contribution in [0, 0.1) is 20.8 Å². The average molecular weight is 422 g/mol. The first-order valence-electron chi connectivity index (χ1n) is 10.8. The van der Waals surface area contributed by atoms with E-state index in [-0.39, 0.29) is 0 Å². The number of aryl methyl sites for hydroxylation is 3. The van der Waals surface area contributed by atoms with Gasteiger partial charge in [-0.15, -0.1) is 11.3 Å². The molecule has 0 saturated carbocycles. The number of hydrogen-bond donors (Lipinski definition) is 1. The Hall–Kier alpha value is -2.24. The summed E-state index contributed by atoms with van der Waals surface area (Å²) in [5.41, 5.74) is 6.59. The molecule has 4 aromatic rings. The molecule has 0 amide bonds. The maximum absolute atomic E-state index is 10.7. The van der Waals surface area contributed by atoms with Crippen molar-refractivity contribution in [1.82, 2.24) is 14.6 Å². The molecule has 5 heteroatoms. The number of fused-ring (bicyclic) bond motifs is 2. The molecule has 0 unspecified atom stereocenters. The van der Waals surface area contributed by atoms with Gasteiger partial charge in [0.05, 0.1) is 22.7 Å². The molecule has 4 nitrogen and oxygen atoms in total. The van der Waals surface area contributed by atoms with Gasteiger partial charge in [0.25, 0.3) is 0 Å². The zero-order chi connectivity index (χ0) is 21.8. The standard InChI is InChI=1S/C25H31N3OS/c1-8-17(9-2)19-13-14(3)27-28-22(15(4)26-24(19)28)21-16(5)30-23-18(21)11-10-12-20(23)25(6,7)29/h10-13,17,29H,8-9H2,1-7H3. The van der Waals surface area contributed by atoms with Gasteiger partial charge in [0.1, 0.15) is 0 Å². The summed E-state index contributed by atoms with van der Waals surface area (Å²) >= 11 is 1.74. The first-order valence-corrected chi connectivity index (χ1v) is 11.6. The third kappa shape index (κ3) is 3.25. The molecule has 0 aliphatic heterocycles. The van der Waals surface area contributed by atoms with Crippen LogP contribution in [0.15, 0.2) is 24.3 Å². The minimum atomic E-state index is -0.889. The van der Waals surface area contributed by atoms with E-state index in [0.717, 1.165) is 51.2 Å². The molecule has 0 spiro atoms.